The SMILES string of the molecule is Cc1c(NCc2cnc(C3CC3)o2)nnn1-c1ccc(F)cc1. The Kier molecular flexibility index (Phi) is 3.33. The maximum Gasteiger partial charge on any atom is 0.197 e. The quantitative estimate of drug-likeness (QED) is 0.783. The van der Waals surface area contributed by atoms with Crippen LogP contribution in [-0.2, 0) is 6.54 Å². The molecular weight excluding hydrogens is 297 g/mol. The maximum atomic E-state index is 13.0. The normalized spacial score (nSPS) is 14.2. The van der Waals surface area contributed by atoms with Gasteiger partial charge in [-0.05, 0) is 44.0 Å². The standard InChI is InChI=1S/C16H16FN5O/c1-10-15(18-8-14-9-19-16(23-14)11-2-3-11)20-21-22(10)13-6-4-12(17)5-7-13/h4-7,9,11,18H,2-3,8H2,1H3. The highest BCUT2D eigenvalue weighted by molar-refractivity contribution is 5.43. The zero-order valence-corrected chi connectivity index (χ0v) is 12.7. The van der Waals surface area contributed by atoms with Crippen molar-refractivity contribution in [2.75, 3.05) is 5.32 Å². The fraction of sp³-hybridized carbons (Fsp3) is 0.312. The van der Waals surface area contributed by atoms with Gasteiger partial charge in [-0.15, -0.1) is 5.10 Å². The molecule has 0 atom stereocenters. The predicted octanol–water partition coefficient (Wildman–Crippen LogP) is 3.19. The first-order valence-corrected chi connectivity index (χ1v) is 7.57. The number of benzene rings is 1. The van der Waals surface area contributed by atoms with Gasteiger partial charge in [0.25, 0.3) is 0 Å². The van der Waals surface area contributed by atoms with Crippen LogP contribution in [0.15, 0.2) is 34.9 Å². The lowest BCUT2D eigenvalue weighted by Crippen LogP contribution is -2.02. The maximum absolute atomic E-state index is 13.0. The first kappa shape index (κ1) is 13.9. The van der Waals surface area contributed by atoms with Crippen LogP contribution in [0.4, 0.5) is 10.2 Å². The Hall–Kier alpha value is -2.70. The van der Waals surface area contributed by atoms with Crippen LogP contribution in [0.3, 0.4) is 0 Å². The second-order valence-electron chi connectivity index (χ2n) is 5.70. The van der Waals surface area contributed by atoms with Crippen molar-refractivity contribution in [1.29, 1.82) is 0 Å². The molecule has 1 fully saturated rings. The minimum atomic E-state index is -0.276. The first-order valence-electron chi connectivity index (χ1n) is 7.57. The molecule has 1 aliphatic rings. The zero-order valence-electron chi connectivity index (χ0n) is 12.7. The molecule has 0 bridgehead atoms. The van der Waals surface area contributed by atoms with Gasteiger partial charge < -0.3 is 9.73 Å². The number of hydrogen-bond acceptors (Lipinski definition) is 5. The van der Waals surface area contributed by atoms with Crippen molar-refractivity contribution in [3.8, 4) is 5.69 Å². The summed E-state index contributed by atoms with van der Waals surface area (Å²) in [6, 6.07) is 6.13. The molecule has 3 aromatic rings. The van der Waals surface area contributed by atoms with E-state index in [1.54, 1.807) is 23.0 Å². The summed E-state index contributed by atoms with van der Waals surface area (Å²) < 4.78 is 20.4. The predicted molar refractivity (Wildman–Crippen MR) is 81.9 cm³/mol. The molecule has 4 rings (SSSR count). The molecule has 0 saturated heterocycles. The van der Waals surface area contributed by atoms with E-state index in [2.05, 4.69) is 20.6 Å². The van der Waals surface area contributed by atoms with E-state index in [4.69, 9.17) is 4.42 Å². The summed E-state index contributed by atoms with van der Waals surface area (Å²) in [5.41, 5.74) is 1.61. The van der Waals surface area contributed by atoms with Crippen LogP contribution in [-0.4, -0.2) is 20.0 Å². The number of aromatic nitrogens is 4. The molecule has 0 radical (unpaired) electrons. The Morgan fingerprint density at radius 2 is 2.09 bits per heavy atom. The van der Waals surface area contributed by atoms with Crippen molar-refractivity contribution in [1.82, 2.24) is 20.0 Å². The summed E-state index contributed by atoms with van der Waals surface area (Å²) >= 11 is 0. The molecule has 0 spiro atoms. The Morgan fingerprint density at radius 1 is 1.30 bits per heavy atom. The molecule has 1 aliphatic carbocycles. The van der Waals surface area contributed by atoms with Crippen LogP contribution in [0.25, 0.3) is 5.69 Å². The van der Waals surface area contributed by atoms with Crippen LogP contribution >= 0.6 is 0 Å². The van der Waals surface area contributed by atoms with Crippen molar-refractivity contribution in [2.45, 2.75) is 32.2 Å². The van der Waals surface area contributed by atoms with Crippen LogP contribution in [0, 0.1) is 12.7 Å². The summed E-state index contributed by atoms with van der Waals surface area (Å²) in [5.74, 6) is 2.50. The van der Waals surface area contributed by atoms with Crippen molar-refractivity contribution in [3.05, 3.63) is 53.6 Å². The van der Waals surface area contributed by atoms with E-state index in [1.807, 2.05) is 6.92 Å². The van der Waals surface area contributed by atoms with Gasteiger partial charge in [0, 0.05) is 5.92 Å². The Balaban J connectivity index is 1.47. The third kappa shape index (κ3) is 2.81. The van der Waals surface area contributed by atoms with E-state index in [9.17, 15) is 4.39 Å². The number of hydrogen-bond donors (Lipinski definition) is 1. The van der Waals surface area contributed by atoms with Crippen molar-refractivity contribution < 1.29 is 8.81 Å². The van der Waals surface area contributed by atoms with Crippen molar-refractivity contribution in [3.63, 3.8) is 0 Å². The van der Waals surface area contributed by atoms with Crippen LogP contribution in [0.2, 0.25) is 0 Å². The fourth-order valence-electron chi connectivity index (χ4n) is 2.41. The summed E-state index contributed by atoms with van der Waals surface area (Å²) in [5, 5.41) is 11.4. The number of anilines is 1. The molecule has 7 heteroatoms. The first-order chi connectivity index (χ1) is 11.2. The molecule has 6 nitrogen and oxygen atoms in total. The molecule has 0 aliphatic heterocycles. The van der Waals surface area contributed by atoms with Gasteiger partial charge in [0.1, 0.15) is 11.6 Å². The molecule has 0 unspecified atom stereocenters. The topological polar surface area (TPSA) is 68.8 Å². The summed E-state index contributed by atoms with van der Waals surface area (Å²) in [6.45, 7) is 2.41. The van der Waals surface area contributed by atoms with Gasteiger partial charge in [0.05, 0.1) is 24.1 Å². The number of oxazole rings is 1. The van der Waals surface area contributed by atoms with E-state index in [0.29, 0.717) is 18.3 Å². The largest absolute Gasteiger partial charge is 0.444 e. The number of nitrogens with one attached hydrogen (secondary N) is 1. The molecule has 2 heterocycles. The molecule has 2 aromatic heterocycles. The zero-order chi connectivity index (χ0) is 15.8. The monoisotopic (exact) mass is 313 g/mol. The van der Waals surface area contributed by atoms with E-state index in [1.165, 1.54) is 25.0 Å². The van der Waals surface area contributed by atoms with E-state index in [-0.39, 0.29) is 5.82 Å². The molecule has 1 N–H and O–H groups in total. The van der Waals surface area contributed by atoms with Gasteiger partial charge in [-0.3, -0.25) is 0 Å². The third-order valence-corrected chi connectivity index (χ3v) is 3.89. The van der Waals surface area contributed by atoms with Gasteiger partial charge in [-0.1, -0.05) is 5.21 Å². The highest BCUT2D eigenvalue weighted by Crippen LogP contribution is 2.39. The second-order valence-corrected chi connectivity index (χ2v) is 5.70. The van der Waals surface area contributed by atoms with E-state index >= 15 is 0 Å². The van der Waals surface area contributed by atoms with Gasteiger partial charge in [-0.2, -0.15) is 0 Å². The third-order valence-electron chi connectivity index (χ3n) is 3.89. The minimum absolute atomic E-state index is 0.276. The Labute approximate surface area is 132 Å². The highest BCUT2D eigenvalue weighted by atomic mass is 19.1. The number of halogens is 1. The van der Waals surface area contributed by atoms with Crippen molar-refractivity contribution in [2.24, 2.45) is 0 Å². The summed E-state index contributed by atoms with van der Waals surface area (Å²) in [4.78, 5) is 4.29. The molecular formula is C16H16FN5O. The smallest absolute Gasteiger partial charge is 0.197 e. The second kappa shape index (κ2) is 5.49. The molecule has 0 amide bonds. The number of nitrogens with zero attached hydrogens (tertiary/aromatic N) is 4. The van der Waals surface area contributed by atoms with Gasteiger partial charge in [0.15, 0.2) is 11.7 Å². The Bertz CT molecular complexity index is 819. The minimum Gasteiger partial charge on any atom is -0.444 e. The van der Waals surface area contributed by atoms with Crippen LogP contribution in [0.1, 0.15) is 36.1 Å². The lowest BCUT2D eigenvalue weighted by Gasteiger charge is -2.04. The number of rotatable bonds is 5. The summed E-state index contributed by atoms with van der Waals surface area (Å²) in [7, 11) is 0. The highest BCUT2D eigenvalue weighted by Gasteiger charge is 2.28. The molecule has 1 aromatic carbocycles. The fourth-order valence-corrected chi connectivity index (χ4v) is 2.41. The lowest BCUT2D eigenvalue weighted by atomic mass is 10.3. The van der Waals surface area contributed by atoms with Gasteiger partial charge >= 0.3 is 0 Å². The van der Waals surface area contributed by atoms with E-state index < -0.39 is 0 Å². The van der Waals surface area contributed by atoms with Gasteiger partial charge in [-0.25, -0.2) is 14.1 Å². The van der Waals surface area contributed by atoms with Crippen LogP contribution in [0.5, 0.6) is 0 Å². The van der Waals surface area contributed by atoms with Gasteiger partial charge in [0.2, 0.25) is 0 Å². The lowest BCUT2D eigenvalue weighted by molar-refractivity contribution is 0.462. The molecule has 23 heavy (non-hydrogen) atoms. The Morgan fingerprint density at radius 3 is 2.83 bits per heavy atom. The molecule has 1 saturated carbocycles. The molecule has 118 valence electrons. The summed E-state index contributed by atoms with van der Waals surface area (Å²) in [6.07, 6.45) is 4.08. The van der Waals surface area contributed by atoms with Crippen molar-refractivity contribution >= 4 is 5.82 Å². The average molecular weight is 313 g/mol. The van der Waals surface area contributed by atoms with E-state index in [0.717, 1.165) is 23.0 Å². The average Bonchev–Trinajstić information content (AvgIpc) is 3.19. The van der Waals surface area contributed by atoms with Crippen LogP contribution < -0.4 is 5.32 Å².